The van der Waals surface area contributed by atoms with E-state index in [9.17, 15) is 14.4 Å². The van der Waals surface area contributed by atoms with Crippen LogP contribution in [-0.2, 0) is 22.4 Å². The van der Waals surface area contributed by atoms with Crippen molar-refractivity contribution in [3.05, 3.63) is 77.5 Å². The molecule has 2 fully saturated rings. The van der Waals surface area contributed by atoms with Crippen LogP contribution >= 0.6 is 11.8 Å². The number of amides is 4. The van der Waals surface area contributed by atoms with Crippen molar-refractivity contribution in [1.29, 1.82) is 0 Å². The summed E-state index contributed by atoms with van der Waals surface area (Å²) >= 11 is 2.01. The smallest absolute Gasteiger partial charge is 0.324 e. The molecule has 2 aromatic carbocycles. The third-order valence-corrected chi connectivity index (χ3v) is 8.88. The van der Waals surface area contributed by atoms with Crippen molar-refractivity contribution in [1.82, 2.24) is 15.1 Å². The van der Waals surface area contributed by atoms with E-state index in [1.54, 1.807) is 13.1 Å². The van der Waals surface area contributed by atoms with Gasteiger partial charge in [0.1, 0.15) is 5.54 Å². The van der Waals surface area contributed by atoms with Gasteiger partial charge < -0.3 is 15.1 Å². The molecule has 2 aromatic rings. The molecule has 0 radical (unpaired) electrons. The lowest BCUT2D eigenvalue weighted by Crippen LogP contribution is -2.48. The monoisotopic (exact) mass is 506 g/mol. The zero-order chi connectivity index (χ0) is 26.1. The number of hydrogen-bond acceptors (Lipinski definition) is 5. The molecule has 2 heterocycles. The molecule has 0 aromatic heterocycles. The molecule has 4 amide bonds. The molecule has 2 saturated heterocycles. The van der Waals surface area contributed by atoms with E-state index in [0.29, 0.717) is 31.0 Å². The molecular formula is C28H34N4O3S. The van der Waals surface area contributed by atoms with Crippen LogP contribution in [0.1, 0.15) is 43.5 Å². The molecule has 2 N–H and O–H groups in total. The summed E-state index contributed by atoms with van der Waals surface area (Å²) in [5.74, 6) is 0.797. The molecule has 0 bridgehead atoms. The predicted molar refractivity (Wildman–Crippen MR) is 145 cm³/mol. The Hall–Kier alpha value is -3.26. The lowest BCUT2D eigenvalue weighted by molar-refractivity contribution is -0.125. The van der Waals surface area contributed by atoms with Gasteiger partial charge in [-0.25, -0.2) is 4.79 Å². The molecule has 8 heteroatoms. The number of benzene rings is 2. The molecule has 3 aliphatic rings. The number of nitrogens with one attached hydrogen (secondary N) is 2. The summed E-state index contributed by atoms with van der Waals surface area (Å²) in [6.07, 6.45) is 1.60. The minimum absolute atomic E-state index is 0.235. The van der Waals surface area contributed by atoms with E-state index in [1.807, 2.05) is 23.9 Å². The Morgan fingerprint density at radius 2 is 1.83 bits per heavy atom. The lowest BCUT2D eigenvalue weighted by atomic mass is 9.92. The number of imide groups is 1. The Labute approximate surface area is 217 Å². The van der Waals surface area contributed by atoms with E-state index < -0.39 is 5.54 Å². The third-order valence-electron chi connectivity index (χ3n) is 7.43. The molecule has 1 aliphatic carbocycles. The van der Waals surface area contributed by atoms with Crippen LogP contribution in [0.2, 0.25) is 0 Å². The first-order chi connectivity index (χ1) is 17.1. The van der Waals surface area contributed by atoms with Crippen LogP contribution in [0.25, 0.3) is 0 Å². The summed E-state index contributed by atoms with van der Waals surface area (Å²) in [7, 11) is 1.64. The zero-order valence-corrected chi connectivity index (χ0v) is 22.2. The van der Waals surface area contributed by atoms with Crippen molar-refractivity contribution in [3.63, 3.8) is 0 Å². The van der Waals surface area contributed by atoms with Gasteiger partial charge in [-0.05, 0) is 49.6 Å². The molecule has 190 valence electrons. The topological polar surface area (TPSA) is 81.8 Å². The van der Waals surface area contributed by atoms with Gasteiger partial charge in [0.25, 0.3) is 5.91 Å². The second kappa shape index (κ2) is 10.0. The zero-order valence-electron chi connectivity index (χ0n) is 21.3. The van der Waals surface area contributed by atoms with Crippen LogP contribution in [0, 0.1) is 0 Å². The van der Waals surface area contributed by atoms with Gasteiger partial charge >= 0.3 is 6.03 Å². The highest BCUT2D eigenvalue weighted by molar-refractivity contribution is 8.00. The second-order valence-corrected chi connectivity index (χ2v) is 11.6. The molecule has 0 saturated carbocycles. The van der Waals surface area contributed by atoms with E-state index in [4.69, 9.17) is 0 Å². The van der Waals surface area contributed by atoms with Gasteiger partial charge in [-0.3, -0.25) is 14.9 Å². The second-order valence-electron chi connectivity index (χ2n) is 10.0. The quantitative estimate of drug-likeness (QED) is 0.476. The first-order valence-corrected chi connectivity index (χ1v) is 13.2. The Morgan fingerprint density at radius 1 is 1.14 bits per heavy atom. The number of anilines is 1. The van der Waals surface area contributed by atoms with Crippen molar-refractivity contribution < 1.29 is 14.4 Å². The van der Waals surface area contributed by atoms with E-state index in [1.165, 1.54) is 16.2 Å². The fraction of sp³-hybridized carbons (Fsp3) is 0.393. The van der Waals surface area contributed by atoms with Gasteiger partial charge in [-0.2, -0.15) is 0 Å². The molecule has 2 atom stereocenters. The lowest BCUT2D eigenvalue weighted by Gasteiger charge is -2.48. The number of urea groups is 1. The Morgan fingerprint density at radius 3 is 2.44 bits per heavy atom. The van der Waals surface area contributed by atoms with Gasteiger partial charge in [-0.15, -0.1) is 11.8 Å². The summed E-state index contributed by atoms with van der Waals surface area (Å²) in [5.41, 5.74) is 4.56. The van der Waals surface area contributed by atoms with E-state index in [2.05, 4.69) is 73.2 Å². The number of nitrogens with zero attached hydrogens (tertiary/aromatic N) is 2. The van der Waals surface area contributed by atoms with E-state index in [0.717, 1.165) is 23.4 Å². The standard InChI is InChI=1S/C15H21NS.C13H13N3O3/c1-5-16-12(2)11-17-15(3,4)14(16)13-9-7-6-8-10-13;1-16-12(19)15-11(18)13(16)5-8-2-3-10(14-7-17)4-9(8)6-13/h6-10,14H,2,5,11H2,1,3-4H3;2-4,7H,5-6H2,1H3,(H,14,17)(H,15,18,19)/t14-;/m1./s1. The molecule has 7 nitrogen and oxygen atoms in total. The maximum Gasteiger partial charge on any atom is 0.324 e. The van der Waals surface area contributed by atoms with E-state index >= 15 is 0 Å². The summed E-state index contributed by atoms with van der Waals surface area (Å²) in [6.45, 7) is 12.1. The van der Waals surface area contributed by atoms with Crippen molar-refractivity contribution >= 4 is 35.8 Å². The van der Waals surface area contributed by atoms with Crippen LogP contribution in [0.4, 0.5) is 10.5 Å². The number of rotatable bonds is 4. The number of likely N-dealkylation sites (N-methyl/N-ethyl adjacent to an activating group) is 1. The third kappa shape index (κ3) is 4.62. The average molecular weight is 507 g/mol. The van der Waals surface area contributed by atoms with Gasteiger partial charge in [0, 0.05) is 48.3 Å². The fourth-order valence-electron chi connectivity index (χ4n) is 5.47. The highest BCUT2D eigenvalue weighted by Crippen LogP contribution is 2.47. The minimum atomic E-state index is -0.806. The number of fused-ring (bicyclic) bond motifs is 1. The number of carbonyl (C=O) groups is 3. The highest BCUT2D eigenvalue weighted by Gasteiger charge is 2.54. The van der Waals surface area contributed by atoms with Crippen molar-refractivity contribution in [2.45, 2.75) is 49.9 Å². The fourth-order valence-corrected chi connectivity index (χ4v) is 6.59. The Balaban J connectivity index is 0.000000170. The van der Waals surface area contributed by atoms with Gasteiger partial charge in [-0.1, -0.05) is 43.0 Å². The maximum atomic E-state index is 12.1. The SMILES string of the molecule is C=C1CSC(C)(C)[C@@H](c2ccccc2)N1CC.CN1C(=O)NC(=O)C12Cc1ccc(NC=O)cc1C2. The Bertz CT molecular complexity index is 1180. The van der Waals surface area contributed by atoms with Gasteiger partial charge in [0.05, 0.1) is 6.04 Å². The molecular weight excluding hydrogens is 472 g/mol. The van der Waals surface area contributed by atoms with Gasteiger partial charge in [0.2, 0.25) is 6.41 Å². The van der Waals surface area contributed by atoms with Crippen molar-refractivity contribution in [2.24, 2.45) is 0 Å². The molecule has 5 rings (SSSR count). The van der Waals surface area contributed by atoms with E-state index in [-0.39, 0.29) is 16.7 Å². The number of thioether (sulfide) groups is 1. The molecule has 2 aliphatic heterocycles. The largest absolute Gasteiger partial charge is 0.366 e. The van der Waals surface area contributed by atoms with Crippen LogP contribution in [-0.4, -0.2) is 57.8 Å². The molecule has 1 spiro atoms. The number of carbonyl (C=O) groups excluding carboxylic acids is 3. The normalized spacial score (nSPS) is 24.2. The van der Waals surface area contributed by atoms with Crippen LogP contribution in [0.15, 0.2) is 60.8 Å². The average Bonchev–Trinajstić information content (AvgIpc) is 3.34. The van der Waals surface area contributed by atoms with Crippen LogP contribution in [0.3, 0.4) is 0 Å². The summed E-state index contributed by atoms with van der Waals surface area (Å²) in [4.78, 5) is 38.0. The summed E-state index contributed by atoms with van der Waals surface area (Å²) in [6, 6.07) is 16.4. The van der Waals surface area contributed by atoms with Crippen molar-refractivity contribution in [2.75, 3.05) is 24.7 Å². The predicted octanol–water partition coefficient (Wildman–Crippen LogP) is 4.36. The van der Waals surface area contributed by atoms with Crippen molar-refractivity contribution in [3.8, 4) is 0 Å². The first kappa shape index (κ1) is 25.8. The molecule has 36 heavy (non-hydrogen) atoms. The highest BCUT2D eigenvalue weighted by atomic mass is 32.2. The number of hydrogen-bond donors (Lipinski definition) is 2. The van der Waals surface area contributed by atoms with Gasteiger partial charge in [0.15, 0.2) is 0 Å². The van der Waals surface area contributed by atoms with Crippen LogP contribution in [0.5, 0.6) is 0 Å². The molecule has 1 unspecified atom stereocenters. The summed E-state index contributed by atoms with van der Waals surface area (Å²) in [5, 5.41) is 4.94. The maximum absolute atomic E-state index is 12.1. The minimum Gasteiger partial charge on any atom is -0.366 e. The summed E-state index contributed by atoms with van der Waals surface area (Å²) < 4.78 is 0.235. The van der Waals surface area contributed by atoms with Crippen LogP contribution < -0.4 is 10.6 Å². The first-order valence-electron chi connectivity index (χ1n) is 12.2. The Kier molecular flexibility index (Phi) is 7.18.